The highest BCUT2D eigenvalue weighted by Gasteiger charge is 1.98. The van der Waals surface area contributed by atoms with Crippen LogP contribution in [-0.4, -0.2) is 17.5 Å². The number of rotatable bonds is 4. The molecular weight excluding hydrogens is 222 g/mol. The van der Waals surface area contributed by atoms with Crippen molar-refractivity contribution < 1.29 is 9.00 Å². The lowest BCUT2D eigenvalue weighted by atomic mass is 10.2. The van der Waals surface area contributed by atoms with Gasteiger partial charge in [0.1, 0.15) is 17.3 Å². The molecule has 88 valence electrons. The van der Waals surface area contributed by atoms with Crippen LogP contribution in [0.2, 0.25) is 0 Å². The fraction of sp³-hybridized carbons (Fsp3) is 0.250. The van der Waals surface area contributed by atoms with Crippen LogP contribution in [0.3, 0.4) is 0 Å². The maximum Gasteiger partial charge on any atom is 0.142 e. The summed E-state index contributed by atoms with van der Waals surface area (Å²) in [5, 5.41) is 0. The van der Waals surface area contributed by atoms with Gasteiger partial charge in [-0.2, -0.15) is 0 Å². The zero-order valence-corrected chi connectivity index (χ0v) is 10.6. The lowest BCUT2D eigenvalue weighted by Gasteiger charge is -1.99. The first-order valence-corrected chi connectivity index (χ1v) is 6.24. The van der Waals surface area contributed by atoms with Crippen molar-refractivity contribution in [1.29, 1.82) is 0 Å². The summed E-state index contributed by atoms with van der Waals surface area (Å²) >= 11 is 0. The van der Waals surface area contributed by atoms with E-state index >= 15 is 0 Å². The molecule has 1 aromatic carbocycles. The monoisotopic (exact) mass is 239 g/mol. The Morgan fingerprint density at radius 2 is 1.75 bits per heavy atom. The third-order valence-electron chi connectivity index (χ3n) is 1.65. The van der Waals surface area contributed by atoms with E-state index in [9.17, 15) is 9.00 Å². The summed E-state index contributed by atoms with van der Waals surface area (Å²) in [6, 6.07) is 7.14. The van der Waals surface area contributed by atoms with Crippen molar-refractivity contribution in [3.63, 3.8) is 0 Å². The second-order valence-electron chi connectivity index (χ2n) is 2.54. The molecule has 0 radical (unpaired) electrons. The predicted molar refractivity (Wildman–Crippen MR) is 68.4 cm³/mol. The molecule has 1 N–H and O–H groups in total. The summed E-state index contributed by atoms with van der Waals surface area (Å²) in [6.07, 6.45) is 3.84. The number of aldehydes is 1. The average Bonchev–Trinajstić information content (AvgIpc) is 2.38. The van der Waals surface area contributed by atoms with Gasteiger partial charge in [-0.3, -0.25) is 4.79 Å². The summed E-state index contributed by atoms with van der Waals surface area (Å²) in [4.78, 5) is 10.8. The second-order valence-corrected chi connectivity index (χ2v) is 3.95. The first kappa shape index (κ1) is 14.7. The minimum Gasteiger partial charge on any atom is -0.299 e. The van der Waals surface area contributed by atoms with Crippen LogP contribution in [0.1, 0.15) is 19.4 Å². The molecule has 0 bridgehead atoms. The first-order chi connectivity index (χ1) is 7.77. The van der Waals surface area contributed by atoms with Crippen molar-refractivity contribution >= 4 is 23.3 Å². The lowest BCUT2D eigenvalue weighted by molar-refractivity contribution is -0.104. The molecule has 16 heavy (non-hydrogen) atoms. The molecule has 1 unspecified atom stereocenters. The van der Waals surface area contributed by atoms with Gasteiger partial charge in [-0.25, -0.2) is 8.93 Å². The Morgan fingerprint density at radius 1 is 1.19 bits per heavy atom. The van der Waals surface area contributed by atoms with Crippen LogP contribution in [-0.2, 0) is 15.8 Å². The summed E-state index contributed by atoms with van der Waals surface area (Å²) in [7, 11) is 0.487. The number of allylic oxidation sites excluding steroid dienone is 1. The number of hydrogen-bond acceptors (Lipinski definition) is 2. The Bertz CT molecular complexity index is 358. The number of benzene rings is 1. The van der Waals surface area contributed by atoms with Gasteiger partial charge < -0.3 is 0 Å². The van der Waals surface area contributed by atoms with Crippen LogP contribution >= 0.6 is 0 Å². The summed E-state index contributed by atoms with van der Waals surface area (Å²) in [6.45, 7) is 4.00. The van der Waals surface area contributed by atoms with E-state index in [-0.39, 0.29) is 0 Å². The van der Waals surface area contributed by atoms with Gasteiger partial charge in [0.15, 0.2) is 0 Å². The fourth-order valence-corrected chi connectivity index (χ4v) is 1.59. The highest BCUT2D eigenvalue weighted by molar-refractivity contribution is 7.83. The zero-order valence-electron chi connectivity index (χ0n) is 9.77. The predicted octanol–water partition coefficient (Wildman–Crippen LogP) is 2.17. The van der Waals surface area contributed by atoms with Gasteiger partial charge in [0.05, 0.1) is 4.90 Å². The van der Waals surface area contributed by atoms with Gasteiger partial charge in [0.2, 0.25) is 0 Å². The van der Waals surface area contributed by atoms with E-state index in [4.69, 9.17) is 0 Å². The molecule has 0 fully saturated rings. The molecule has 1 atom stereocenters. The molecule has 4 heteroatoms. The van der Waals surface area contributed by atoms with Crippen molar-refractivity contribution in [1.82, 2.24) is 4.72 Å². The Kier molecular flexibility index (Phi) is 8.29. The molecule has 1 rings (SSSR count). The summed E-state index contributed by atoms with van der Waals surface area (Å²) < 4.78 is 13.9. The van der Waals surface area contributed by atoms with E-state index in [0.717, 1.165) is 16.7 Å². The molecule has 0 aliphatic heterocycles. The Balaban J connectivity index is 0.00000106. The van der Waals surface area contributed by atoms with Crippen molar-refractivity contribution in [2.24, 2.45) is 0 Å². The maximum atomic E-state index is 11.3. The molecule has 0 saturated heterocycles. The van der Waals surface area contributed by atoms with Crippen LogP contribution in [0.15, 0.2) is 35.2 Å². The van der Waals surface area contributed by atoms with Crippen LogP contribution in [0.4, 0.5) is 0 Å². The van der Waals surface area contributed by atoms with Gasteiger partial charge in [0, 0.05) is 0 Å². The molecule has 0 amide bonds. The van der Waals surface area contributed by atoms with Gasteiger partial charge in [0.25, 0.3) is 0 Å². The highest BCUT2D eigenvalue weighted by atomic mass is 32.2. The SMILES string of the molecule is CC.CNS(=O)c1ccc(/C=C/C=O)cc1. The van der Waals surface area contributed by atoms with Crippen molar-refractivity contribution in [3.05, 3.63) is 35.9 Å². The average molecular weight is 239 g/mol. The van der Waals surface area contributed by atoms with E-state index in [0.29, 0.717) is 0 Å². The van der Waals surface area contributed by atoms with E-state index < -0.39 is 11.0 Å². The smallest absolute Gasteiger partial charge is 0.142 e. The molecular formula is C12H17NO2S. The van der Waals surface area contributed by atoms with Crippen molar-refractivity contribution in [2.45, 2.75) is 18.7 Å². The Hall–Kier alpha value is -1.26. The largest absolute Gasteiger partial charge is 0.299 e. The molecule has 3 nitrogen and oxygen atoms in total. The number of nitrogens with one attached hydrogen (secondary N) is 1. The van der Waals surface area contributed by atoms with E-state index in [1.54, 1.807) is 25.3 Å². The fourth-order valence-electron chi connectivity index (χ4n) is 0.971. The summed E-state index contributed by atoms with van der Waals surface area (Å²) in [5.74, 6) is 0. The molecule has 0 spiro atoms. The molecule has 0 heterocycles. The van der Waals surface area contributed by atoms with E-state index in [2.05, 4.69) is 4.72 Å². The topological polar surface area (TPSA) is 46.2 Å². The number of carbonyl (C=O) groups is 1. The molecule has 0 aliphatic rings. The zero-order chi connectivity index (χ0) is 12.4. The molecule has 1 aromatic rings. The maximum absolute atomic E-state index is 11.3. The van der Waals surface area contributed by atoms with E-state index in [1.807, 2.05) is 26.0 Å². The highest BCUT2D eigenvalue weighted by Crippen LogP contribution is 2.08. The van der Waals surface area contributed by atoms with Crippen LogP contribution in [0.25, 0.3) is 6.08 Å². The third kappa shape index (κ3) is 5.00. The minimum absolute atomic E-state index is 0.718. The van der Waals surface area contributed by atoms with E-state index in [1.165, 1.54) is 6.08 Å². The standard InChI is InChI=1S/C10H11NO2S.C2H6/c1-11-14(13)10-6-4-9(5-7-10)3-2-8-12;1-2/h2-8,11H,1H3;1-2H3/b3-2+;. The molecule has 0 aliphatic carbocycles. The van der Waals surface area contributed by atoms with Crippen LogP contribution in [0.5, 0.6) is 0 Å². The lowest BCUT2D eigenvalue weighted by Crippen LogP contribution is -2.10. The quantitative estimate of drug-likeness (QED) is 0.646. The van der Waals surface area contributed by atoms with Gasteiger partial charge in [-0.1, -0.05) is 32.1 Å². The van der Waals surface area contributed by atoms with Gasteiger partial charge in [-0.15, -0.1) is 0 Å². The van der Waals surface area contributed by atoms with Crippen LogP contribution in [0, 0.1) is 0 Å². The van der Waals surface area contributed by atoms with Crippen molar-refractivity contribution in [2.75, 3.05) is 7.05 Å². The second kappa shape index (κ2) is 9.00. The Labute approximate surface area is 99.2 Å². The summed E-state index contributed by atoms with van der Waals surface area (Å²) in [5.41, 5.74) is 0.911. The normalized spacial score (nSPS) is 11.7. The Morgan fingerprint density at radius 3 is 2.19 bits per heavy atom. The number of carbonyl (C=O) groups excluding carboxylic acids is 1. The number of hydrogen-bond donors (Lipinski definition) is 1. The van der Waals surface area contributed by atoms with Crippen LogP contribution < -0.4 is 4.72 Å². The molecule has 0 saturated carbocycles. The first-order valence-electron chi connectivity index (χ1n) is 5.09. The van der Waals surface area contributed by atoms with Gasteiger partial charge in [-0.05, 0) is 30.8 Å². The third-order valence-corrected chi connectivity index (χ3v) is 2.72. The minimum atomic E-state index is -1.15. The van der Waals surface area contributed by atoms with Crippen molar-refractivity contribution in [3.8, 4) is 0 Å². The van der Waals surface area contributed by atoms with Gasteiger partial charge >= 0.3 is 0 Å². The molecule has 0 aromatic heterocycles.